The summed E-state index contributed by atoms with van der Waals surface area (Å²) in [5.41, 5.74) is 2.17. The summed E-state index contributed by atoms with van der Waals surface area (Å²) in [7, 11) is 0. The Kier molecular flexibility index (Phi) is 6.17. The molecule has 3 aromatic rings. The second-order valence-corrected chi connectivity index (χ2v) is 6.70. The van der Waals surface area contributed by atoms with Gasteiger partial charge in [0, 0.05) is 11.4 Å². The van der Waals surface area contributed by atoms with Crippen LogP contribution in [-0.2, 0) is 16.0 Å². The van der Waals surface area contributed by atoms with Gasteiger partial charge in [0.2, 0.25) is 0 Å². The zero-order valence-electron chi connectivity index (χ0n) is 14.2. The van der Waals surface area contributed by atoms with Crippen molar-refractivity contribution in [3.05, 3.63) is 82.6 Å². The van der Waals surface area contributed by atoms with Crippen molar-refractivity contribution in [2.24, 2.45) is 0 Å². The standard InChI is InChI=1S/C21H19NO3S/c23-20(22-13-12-17-9-6-14-26-17)15-25-21(24)19-11-5-4-10-18(19)16-7-2-1-3-8-16/h1-11,14H,12-13,15H2,(H,22,23). The van der Waals surface area contributed by atoms with E-state index in [1.807, 2.05) is 60.0 Å². The minimum Gasteiger partial charge on any atom is -0.452 e. The minimum absolute atomic E-state index is 0.285. The quantitative estimate of drug-likeness (QED) is 0.646. The summed E-state index contributed by atoms with van der Waals surface area (Å²) >= 11 is 1.65. The van der Waals surface area contributed by atoms with Gasteiger partial charge in [-0.3, -0.25) is 4.79 Å². The molecule has 0 aliphatic carbocycles. The zero-order valence-corrected chi connectivity index (χ0v) is 15.0. The lowest BCUT2D eigenvalue weighted by atomic mass is 10.00. The number of carbonyl (C=O) groups excluding carboxylic acids is 2. The van der Waals surface area contributed by atoms with Gasteiger partial charge in [-0.2, -0.15) is 0 Å². The van der Waals surface area contributed by atoms with Crippen LogP contribution in [0.25, 0.3) is 11.1 Å². The van der Waals surface area contributed by atoms with E-state index in [1.165, 1.54) is 4.88 Å². The molecule has 0 aliphatic heterocycles. The van der Waals surface area contributed by atoms with Crippen LogP contribution in [-0.4, -0.2) is 25.0 Å². The van der Waals surface area contributed by atoms with Crippen molar-refractivity contribution in [3.8, 4) is 11.1 Å². The molecule has 1 heterocycles. The molecule has 1 N–H and O–H groups in total. The van der Waals surface area contributed by atoms with Gasteiger partial charge >= 0.3 is 5.97 Å². The number of hydrogen-bond acceptors (Lipinski definition) is 4. The maximum absolute atomic E-state index is 12.4. The summed E-state index contributed by atoms with van der Waals surface area (Å²) < 4.78 is 5.19. The predicted octanol–water partition coefficient (Wildman–Crippen LogP) is 3.93. The molecule has 0 radical (unpaired) electrons. The molecular formula is C21H19NO3S. The lowest BCUT2D eigenvalue weighted by molar-refractivity contribution is -0.124. The van der Waals surface area contributed by atoms with Crippen LogP contribution in [0.1, 0.15) is 15.2 Å². The van der Waals surface area contributed by atoms with Gasteiger partial charge in [-0.25, -0.2) is 4.79 Å². The van der Waals surface area contributed by atoms with Crippen LogP contribution in [0.2, 0.25) is 0 Å². The van der Waals surface area contributed by atoms with Crippen LogP contribution in [0.3, 0.4) is 0 Å². The highest BCUT2D eigenvalue weighted by Crippen LogP contribution is 2.23. The number of ether oxygens (including phenoxy) is 1. The third-order valence-electron chi connectivity index (χ3n) is 3.84. The molecular weight excluding hydrogens is 346 g/mol. The monoisotopic (exact) mass is 365 g/mol. The van der Waals surface area contributed by atoms with E-state index in [9.17, 15) is 9.59 Å². The Morgan fingerprint density at radius 3 is 2.46 bits per heavy atom. The molecule has 0 saturated heterocycles. The fraction of sp³-hybridized carbons (Fsp3) is 0.143. The first-order valence-corrected chi connectivity index (χ1v) is 9.22. The van der Waals surface area contributed by atoms with Crippen LogP contribution >= 0.6 is 11.3 Å². The highest BCUT2D eigenvalue weighted by molar-refractivity contribution is 7.09. The van der Waals surface area contributed by atoms with Gasteiger partial charge < -0.3 is 10.1 Å². The Bertz CT molecular complexity index is 860. The lowest BCUT2D eigenvalue weighted by Crippen LogP contribution is -2.30. The molecule has 0 unspecified atom stereocenters. The number of rotatable bonds is 7. The SMILES string of the molecule is O=C(COC(=O)c1ccccc1-c1ccccc1)NCCc1cccs1. The average molecular weight is 365 g/mol. The number of hydrogen-bond donors (Lipinski definition) is 1. The van der Waals surface area contributed by atoms with E-state index in [4.69, 9.17) is 4.74 Å². The third-order valence-corrected chi connectivity index (χ3v) is 4.78. The van der Waals surface area contributed by atoms with Crippen LogP contribution in [0, 0.1) is 0 Å². The molecule has 26 heavy (non-hydrogen) atoms. The van der Waals surface area contributed by atoms with Crippen molar-refractivity contribution in [1.29, 1.82) is 0 Å². The number of esters is 1. The van der Waals surface area contributed by atoms with Gasteiger partial charge in [0.25, 0.3) is 5.91 Å². The van der Waals surface area contributed by atoms with Crippen molar-refractivity contribution >= 4 is 23.2 Å². The van der Waals surface area contributed by atoms with E-state index < -0.39 is 5.97 Å². The molecule has 0 aliphatic rings. The van der Waals surface area contributed by atoms with E-state index >= 15 is 0 Å². The van der Waals surface area contributed by atoms with Crippen molar-refractivity contribution in [2.45, 2.75) is 6.42 Å². The Labute approximate surface area is 156 Å². The van der Waals surface area contributed by atoms with Crippen molar-refractivity contribution in [3.63, 3.8) is 0 Å². The fourth-order valence-electron chi connectivity index (χ4n) is 2.57. The van der Waals surface area contributed by atoms with Crippen molar-refractivity contribution in [1.82, 2.24) is 5.32 Å². The molecule has 5 heteroatoms. The summed E-state index contributed by atoms with van der Waals surface area (Å²) in [6.45, 7) is 0.240. The molecule has 1 aromatic heterocycles. The normalized spacial score (nSPS) is 10.3. The van der Waals surface area contributed by atoms with E-state index in [-0.39, 0.29) is 12.5 Å². The summed E-state index contributed by atoms with van der Waals surface area (Å²) in [4.78, 5) is 25.5. The van der Waals surface area contributed by atoms with E-state index in [0.717, 1.165) is 17.5 Å². The Morgan fingerprint density at radius 2 is 1.69 bits per heavy atom. The van der Waals surface area contributed by atoms with E-state index in [0.29, 0.717) is 12.1 Å². The Morgan fingerprint density at radius 1 is 0.923 bits per heavy atom. The molecule has 0 bridgehead atoms. The maximum atomic E-state index is 12.4. The van der Waals surface area contributed by atoms with Crippen LogP contribution < -0.4 is 5.32 Å². The van der Waals surface area contributed by atoms with Gasteiger partial charge in [-0.05, 0) is 35.1 Å². The molecule has 132 valence electrons. The number of amides is 1. The molecule has 1 amide bonds. The van der Waals surface area contributed by atoms with E-state index in [1.54, 1.807) is 23.5 Å². The average Bonchev–Trinajstić information content (AvgIpc) is 3.20. The van der Waals surface area contributed by atoms with Gasteiger partial charge in [0.1, 0.15) is 0 Å². The van der Waals surface area contributed by atoms with Crippen LogP contribution in [0.4, 0.5) is 0 Å². The highest BCUT2D eigenvalue weighted by Gasteiger charge is 2.15. The fourth-order valence-corrected chi connectivity index (χ4v) is 3.28. The molecule has 4 nitrogen and oxygen atoms in total. The molecule has 3 rings (SSSR count). The highest BCUT2D eigenvalue weighted by atomic mass is 32.1. The molecule has 0 saturated carbocycles. The Balaban J connectivity index is 1.54. The third kappa shape index (κ3) is 4.80. The molecule has 0 spiro atoms. The maximum Gasteiger partial charge on any atom is 0.339 e. The van der Waals surface area contributed by atoms with Gasteiger partial charge in [-0.15, -0.1) is 11.3 Å². The smallest absolute Gasteiger partial charge is 0.339 e. The largest absolute Gasteiger partial charge is 0.452 e. The van der Waals surface area contributed by atoms with E-state index in [2.05, 4.69) is 5.32 Å². The first-order chi connectivity index (χ1) is 12.7. The van der Waals surface area contributed by atoms with Crippen LogP contribution in [0.15, 0.2) is 72.1 Å². The summed E-state index contributed by atoms with van der Waals surface area (Å²) in [6, 6.07) is 20.9. The first kappa shape index (κ1) is 17.9. The number of thiophene rings is 1. The van der Waals surface area contributed by atoms with Gasteiger partial charge in [0.15, 0.2) is 6.61 Å². The van der Waals surface area contributed by atoms with Crippen molar-refractivity contribution in [2.75, 3.05) is 13.2 Å². The topological polar surface area (TPSA) is 55.4 Å². The van der Waals surface area contributed by atoms with Crippen LogP contribution in [0.5, 0.6) is 0 Å². The first-order valence-electron chi connectivity index (χ1n) is 8.34. The minimum atomic E-state index is -0.502. The molecule has 0 atom stereocenters. The number of carbonyl (C=O) groups is 2. The second kappa shape index (κ2) is 8.97. The van der Waals surface area contributed by atoms with Gasteiger partial charge in [-0.1, -0.05) is 54.6 Å². The van der Waals surface area contributed by atoms with Gasteiger partial charge in [0.05, 0.1) is 5.56 Å². The molecule has 0 fully saturated rings. The second-order valence-electron chi connectivity index (χ2n) is 5.67. The number of benzene rings is 2. The number of nitrogens with one attached hydrogen (secondary N) is 1. The lowest BCUT2D eigenvalue weighted by Gasteiger charge is -2.10. The predicted molar refractivity (Wildman–Crippen MR) is 103 cm³/mol. The Hall–Kier alpha value is -2.92. The summed E-state index contributed by atoms with van der Waals surface area (Å²) in [6.07, 6.45) is 0.772. The zero-order chi connectivity index (χ0) is 18.2. The summed E-state index contributed by atoms with van der Waals surface area (Å²) in [5.74, 6) is -0.801. The summed E-state index contributed by atoms with van der Waals surface area (Å²) in [5, 5.41) is 4.77. The van der Waals surface area contributed by atoms with Crippen molar-refractivity contribution < 1.29 is 14.3 Å². The molecule has 2 aromatic carbocycles.